The van der Waals surface area contributed by atoms with Gasteiger partial charge in [-0.05, 0) is 31.1 Å². The van der Waals surface area contributed by atoms with Crippen molar-refractivity contribution in [3.05, 3.63) is 0 Å². The predicted molar refractivity (Wildman–Crippen MR) is 83.8 cm³/mol. The van der Waals surface area contributed by atoms with Gasteiger partial charge in [0.05, 0.1) is 6.67 Å². The van der Waals surface area contributed by atoms with E-state index >= 15 is 0 Å². The molecule has 3 atom stereocenters. The van der Waals surface area contributed by atoms with Gasteiger partial charge in [0.1, 0.15) is 0 Å². The second-order valence-electron chi connectivity index (χ2n) is 6.90. The largest absolute Gasteiger partial charge is 0.311 e. The van der Waals surface area contributed by atoms with Crippen LogP contribution in [0, 0.1) is 11.8 Å². The molecule has 1 N–H and O–H groups in total. The highest BCUT2D eigenvalue weighted by Crippen LogP contribution is 2.29. The number of hydrogen-bond donors (Lipinski definition) is 1. The fourth-order valence-electron chi connectivity index (χ4n) is 4.06. The van der Waals surface area contributed by atoms with E-state index in [1.165, 1.54) is 38.5 Å². The molecule has 1 aliphatic carbocycles. The molecular formula is C17H33FN2. The lowest BCUT2D eigenvalue weighted by atomic mass is 9.82. The van der Waals surface area contributed by atoms with Crippen molar-refractivity contribution in [1.29, 1.82) is 0 Å². The minimum Gasteiger partial charge on any atom is -0.311 e. The van der Waals surface area contributed by atoms with Crippen molar-refractivity contribution < 1.29 is 4.39 Å². The van der Waals surface area contributed by atoms with E-state index in [0.717, 1.165) is 25.6 Å². The van der Waals surface area contributed by atoms with E-state index in [1.54, 1.807) is 0 Å². The third-order valence-electron chi connectivity index (χ3n) is 5.59. The Hall–Kier alpha value is -0.150. The number of piperazine rings is 1. The first-order chi connectivity index (χ1) is 9.76. The quantitative estimate of drug-likeness (QED) is 0.801. The van der Waals surface area contributed by atoms with Crippen LogP contribution in [0.1, 0.15) is 58.8 Å². The SMILES string of the molecule is CCC(C)C1CNC(C2CCCCC2)CN1CCCF. The van der Waals surface area contributed by atoms with E-state index in [2.05, 4.69) is 24.1 Å². The molecule has 2 aliphatic rings. The molecule has 2 fully saturated rings. The van der Waals surface area contributed by atoms with Crippen LogP contribution in [0.4, 0.5) is 4.39 Å². The fraction of sp³-hybridized carbons (Fsp3) is 1.00. The van der Waals surface area contributed by atoms with E-state index < -0.39 is 0 Å². The van der Waals surface area contributed by atoms with Gasteiger partial charge in [0.2, 0.25) is 0 Å². The first-order valence-corrected chi connectivity index (χ1v) is 8.79. The van der Waals surface area contributed by atoms with Crippen molar-refractivity contribution in [3.63, 3.8) is 0 Å². The molecule has 0 spiro atoms. The van der Waals surface area contributed by atoms with Gasteiger partial charge in [-0.15, -0.1) is 0 Å². The molecule has 1 heterocycles. The standard InChI is InChI=1S/C17H33FN2/c1-3-14(2)17-12-19-16(13-20(17)11-7-10-18)15-8-5-4-6-9-15/h14-17,19H,3-13H2,1-2H3. The van der Waals surface area contributed by atoms with Gasteiger partial charge in [-0.3, -0.25) is 9.29 Å². The molecule has 1 saturated carbocycles. The topological polar surface area (TPSA) is 15.3 Å². The summed E-state index contributed by atoms with van der Waals surface area (Å²) >= 11 is 0. The van der Waals surface area contributed by atoms with Crippen molar-refractivity contribution in [2.45, 2.75) is 70.9 Å². The van der Waals surface area contributed by atoms with Crippen molar-refractivity contribution in [1.82, 2.24) is 10.2 Å². The molecule has 3 heteroatoms. The highest BCUT2D eigenvalue weighted by Gasteiger charge is 2.34. The number of alkyl halides is 1. The van der Waals surface area contributed by atoms with Crippen LogP contribution >= 0.6 is 0 Å². The molecule has 3 unspecified atom stereocenters. The first-order valence-electron chi connectivity index (χ1n) is 8.79. The summed E-state index contributed by atoms with van der Waals surface area (Å²) in [5.74, 6) is 1.56. The van der Waals surface area contributed by atoms with Crippen LogP contribution < -0.4 is 5.32 Å². The van der Waals surface area contributed by atoms with Crippen molar-refractivity contribution in [2.75, 3.05) is 26.3 Å². The molecule has 0 bridgehead atoms. The molecule has 1 aliphatic heterocycles. The van der Waals surface area contributed by atoms with Crippen LogP contribution in [0.15, 0.2) is 0 Å². The minimum atomic E-state index is -0.175. The average Bonchev–Trinajstić information content (AvgIpc) is 2.52. The molecule has 118 valence electrons. The summed E-state index contributed by atoms with van der Waals surface area (Å²) in [4.78, 5) is 2.59. The average molecular weight is 284 g/mol. The van der Waals surface area contributed by atoms with Gasteiger partial charge in [-0.25, -0.2) is 0 Å². The minimum absolute atomic E-state index is 0.175. The van der Waals surface area contributed by atoms with Gasteiger partial charge in [0.25, 0.3) is 0 Å². The Morgan fingerprint density at radius 2 is 2.00 bits per heavy atom. The molecule has 0 amide bonds. The molecular weight excluding hydrogens is 251 g/mol. The van der Waals surface area contributed by atoms with Gasteiger partial charge in [0, 0.05) is 31.7 Å². The van der Waals surface area contributed by atoms with Gasteiger partial charge in [-0.1, -0.05) is 39.5 Å². The summed E-state index contributed by atoms with van der Waals surface area (Å²) in [5.41, 5.74) is 0. The zero-order valence-electron chi connectivity index (χ0n) is 13.4. The Morgan fingerprint density at radius 3 is 2.65 bits per heavy atom. The summed E-state index contributed by atoms with van der Waals surface area (Å²) in [6, 6.07) is 1.25. The van der Waals surface area contributed by atoms with Crippen LogP contribution in [0.25, 0.3) is 0 Å². The molecule has 20 heavy (non-hydrogen) atoms. The monoisotopic (exact) mass is 284 g/mol. The van der Waals surface area contributed by atoms with E-state index in [9.17, 15) is 4.39 Å². The van der Waals surface area contributed by atoms with Crippen LogP contribution in [-0.4, -0.2) is 43.3 Å². The number of halogens is 1. The predicted octanol–water partition coefficient (Wildman–Crippen LogP) is 3.61. The second-order valence-corrected chi connectivity index (χ2v) is 6.90. The summed E-state index contributed by atoms with van der Waals surface area (Å²) in [6.07, 6.45) is 8.93. The zero-order chi connectivity index (χ0) is 14.4. The smallest absolute Gasteiger partial charge is 0.0906 e. The van der Waals surface area contributed by atoms with Crippen molar-refractivity contribution in [2.24, 2.45) is 11.8 Å². The van der Waals surface area contributed by atoms with Crippen LogP contribution in [0.2, 0.25) is 0 Å². The van der Waals surface area contributed by atoms with Crippen molar-refractivity contribution >= 4 is 0 Å². The molecule has 2 nitrogen and oxygen atoms in total. The van der Waals surface area contributed by atoms with Gasteiger partial charge < -0.3 is 5.32 Å². The van der Waals surface area contributed by atoms with Crippen molar-refractivity contribution in [3.8, 4) is 0 Å². The molecule has 2 rings (SSSR count). The Labute approximate surface area is 124 Å². The molecule has 0 aromatic carbocycles. The third kappa shape index (κ3) is 4.17. The van der Waals surface area contributed by atoms with Gasteiger partial charge >= 0.3 is 0 Å². The van der Waals surface area contributed by atoms with Crippen LogP contribution in [-0.2, 0) is 0 Å². The maximum atomic E-state index is 12.6. The van der Waals surface area contributed by atoms with Gasteiger partial charge in [-0.2, -0.15) is 0 Å². The van der Waals surface area contributed by atoms with E-state index in [-0.39, 0.29) is 6.67 Å². The Morgan fingerprint density at radius 1 is 1.25 bits per heavy atom. The lowest BCUT2D eigenvalue weighted by Crippen LogP contribution is -2.60. The number of nitrogens with one attached hydrogen (secondary N) is 1. The number of rotatable bonds is 6. The molecule has 1 saturated heterocycles. The number of hydrogen-bond acceptors (Lipinski definition) is 2. The summed E-state index contributed by atoms with van der Waals surface area (Å²) in [6.45, 7) is 7.62. The third-order valence-corrected chi connectivity index (χ3v) is 5.59. The molecule has 0 aromatic heterocycles. The maximum absolute atomic E-state index is 12.6. The summed E-state index contributed by atoms with van der Waals surface area (Å²) in [5, 5.41) is 3.83. The Balaban J connectivity index is 1.92. The normalized spacial score (nSPS) is 31.4. The van der Waals surface area contributed by atoms with Crippen LogP contribution in [0.3, 0.4) is 0 Å². The highest BCUT2D eigenvalue weighted by atomic mass is 19.1. The lowest BCUT2D eigenvalue weighted by Gasteiger charge is -2.46. The zero-order valence-corrected chi connectivity index (χ0v) is 13.4. The molecule has 0 radical (unpaired) electrons. The number of nitrogens with zero attached hydrogens (tertiary/aromatic N) is 1. The summed E-state index contributed by atoms with van der Waals surface area (Å²) in [7, 11) is 0. The molecule has 0 aromatic rings. The highest BCUT2D eigenvalue weighted by molar-refractivity contribution is 4.92. The maximum Gasteiger partial charge on any atom is 0.0906 e. The van der Waals surface area contributed by atoms with Gasteiger partial charge in [0.15, 0.2) is 0 Å². The van der Waals surface area contributed by atoms with E-state index in [4.69, 9.17) is 0 Å². The van der Waals surface area contributed by atoms with E-state index in [0.29, 0.717) is 24.4 Å². The first kappa shape index (κ1) is 16.2. The fourth-order valence-corrected chi connectivity index (χ4v) is 4.06. The Bertz CT molecular complexity index is 266. The van der Waals surface area contributed by atoms with E-state index in [1.807, 2.05) is 0 Å². The second kappa shape index (κ2) is 8.33. The lowest BCUT2D eigenvalue weighted by molar-refractivity contribution is 0.0644. The summed E-state index contributed by atoms with van der Waals surface area (Å²) < 4.78 is 12.6. The van der Waals surface area contributed by atoms with Crippen LogP contribution in [0.5, 0.6) is 0 Å². The Kier molecular flexibility index (Phi) is 6.76.